The van der Waals surface area contributed by atoms with Gasteiger partial charge in [0.05, 0.1) is 6.67 Å². The Morgan fingerprint density at radius 1 is 1.42 bits per heavy atom. The molecule has 1 aromatic carbocycles. The third-order valence-corrected chi connectivity index (χ3v) is 1.93. The van der Waals surface area contributed by atoms with Crippen molar-refractivity contribution in [2.24, 2.45) is 5.73 Å². The molecular formula is C10H16N2. The zero-order valence-corrected chi connectivity index (χ0v) is 7.72. The molecule has 12 heavy (non-hydrogen) atoms. The topological polar surface area (TPSA) is 38.0 Å². The van der Waals surface area contributed by atoms with E-state index in [9.17, 15) is 0 Å². The molecule has 0 atom stereocenters. The largest absolute Gasteiger partial charge is 0.372 e. The molecule has 0 aromatic heterocycles. The molecule has 0 radical (unpaired) electrons. The molecule has 0 heterocycles. The number of nitrogens with one attached hydrogen (secondary N) is 1. The average molecular weight is 164 g/mol. The van der Waals surface area contributed by atoms with Gasteiger partial charge in [-0.25, -0.2) is 0 Å². The minimum absolute atomic E-state index is 0.496. The second-order valence-electron chi connectivity index (χ2n) is 2.90. The Bertz CT molecular complexity index is 256. The monoisotopic (exact) mass is 164 g/mol. The molecule has 0 saturated heterocycles. The Balaban J connectivity index is 2.94. The molecule has 0 fully saturated rings. The third kappa shape index (κ3) is 1.98. The van der Waals surface area contributed by atoms with Crippen LogP contribution in [0.25, 0.3) is 0 Å². The molecule has 3 N–H and O–H groups in total. The molecule has 0 aliphatic heterocycles. The molecule has 0 saturated carbocycles. The van der Waals surface area contributed by atoms with E-state index < -0.39 is 0 Å². The highest BCUT2D eigenvalue weighted by atomic mass is 15.0. The van der Waals surface area contributed by atoms with Crippen LogP contribution in [0.4, 0.5) is 5.69 Å². The molecule has 2 heteroatoms. The Labute approximate surface area is 73.8 Å². The first-order valence-electron chi connectivity index (χ1n) is 4.31. The highest BCUT2D eigenvalue weighted by molar-refractivity contribution is 5.52. The highest BCUT2D eigenvalue weighted by Gasteiger charge is 1.98. The number of rotatable bonds is 3. The third-order valence-electron chi connectivity index (χ3n) is 1.93. The van der Waals surface area contributed by atoms with Crippen LogP contribution in [0.5, 0.6) is 0 Å². The van der Waals surface area contributed by atoms with Gasteiger partial charge in [0.2, 0.25) is 0 Å². The van der Waals surface area contributed by atoms with Gasteiger partial charge in [-0.1, -0.05) is 24.6 Å². The lowest BCUT2D eigenvalue weighted by Gasteiger charge is -2.09. The molecule has 66 valence electrons. The van der Waals surface area contributed by atoms with Crippen molar-refractivity contribution < 1.29 is 0 Å². The van der Waals surface area contributed by atoms with Crippen LogP contribution in [0.3, 0.4) is 0 Å². The maximum absolute atomic E-state index is 5.41. The van der Waals surface area contributed by atoms with Crippen molar-refractivity contribution >= 4 is 5.69 Å². The van der Waals surface area contributed by atoms with E-state index in [0.717, 1.165) is 12.1 Å². The summed E-state index contributed by atoms with van der Waals surface area (Å²) in [6.07, 6.45) is 1.05. The van der Waals surface area contributed by atoms with Crippen LogP contribution < -0.4 is 11.1 Å². The van der Waals surface area contributed by atoms with Crippen molar-refractivity contribution in [3.05, 3.63) is 29.3 Å². The lowest BCUT2D eigenvalue weighted by Crippen LogP contribution is -2.12. The molecule has 0 amide bonds. The highest BCUT2D eigenvalue weighted by Crippen LogP contribution is 2.16. The summed E-state index contributed by atoms with van der Waals surface area (Å²) in [4.78, 5) is 0. The van der Waals surface area contributed by atoms with Crippen LogP contribution in [0.2, 0.25) is 0 Å². The molecule has 0 bridgehead atoms. The van der Waals surface area contributed by atoms with Gasteiger partial charge in [-0.2, -0.15) is 0 Å². The van der Waals surface area contributed by atoms with E-state index in [0.29, 0.717) is 6.67 Å². The van der Waals surface area contributed by atoms with Gasteiger partial charge in [-0.15, -0.1) is 0 Å². The standard InChI is InChI=1S/C10H16N2/c1-3-9-6-8(2)4-5-10(9)12-7-11/h4-6,12H,3,7,11H2,1-2H3. The van der Waals surface area contributed by atoms with Crippen molar-refractivity contribution in [3.63, 3.8) is 0 Å². The first kappa shape index (κ1) is 9.07. The summed E-state index contributed by atoms with van der Waals surface area (Å²) in [5.41, 5.74) is 9.20. The van der Waals surface area contributed by atoms with Gasteiger partial charge < -0.3 is 11.1 Å². The summed E-state index contributed by atoms with van der Waals surface area (Å²) in [7, 11) is 0. The van der Waals surface area contributed by atoms with Crippen molar-refractivity contribution in [1.29, 1.82) is 0 Å². The summed E-state index contributed by atoms with van der Waals surface area (Å²) in [5, 5.41) is 3.13. The summed E-state index contributed by atoms with van der Waals surface area (Å²) >= 11 is 0. The number of anilines is 1. The van der Waals surface area contributed by atoms with E-state index in [2.05, 4.69) is 37.4 Å². The van der Waals surface area contributed by atoms with Crippen LogP contribution in [-0.2, 0) is 6.42 Å². The van der Waals surface area contributed by atoms with Gasteiger partial charge in [0.1, 0.15) is 0 Å². The maximum Gasteiger partial charge on any atom is 0.0628 e. The Kier molecular flexibility index (Phi) is 3.11. The maximum atomic E-state index is 5.41. The fraction of sp³-hybridized carbons (Fsp3) is 0.400. The zero-order valence-electron chi connectivity index (χ0n) is 7.72. The van der Waals surface area contributed by atoms with Gasteiger partial charge in [0, 0.05) is 5.69 Å². The van der Waals surface area contributed by atoms with E-state index >= 15 is 0 Å². The lowest BCUT2D eigenvalue weighted by molar-refractivity contribution is 1.09. The minimum Gasteiger partial charge on any atom is -0.372 e. The Morgan fingerprint density at radius 2 is 2.17 bits per heavy atom. The smallest absolute Gasteiger partial charge is 0.0628 e. The van der Waals surface area contributed by atoms with E-state index in [-0.39, 0.29) is 0 Å². The van der Waals surface area contributed by atoms with Crippen molar-refractivity contribution in [1.82, 2.24) is 0 Å². The van der Waals surface area contributed by atoms with Gasteiger partial charge in [0.15, 0.2) is 0 Å². The SMILES string of the molecule is CCc1cc(C)ccc1NCN. The summed E-state index contributed by atoms with van der Waals surface area (Å²) in [6.45, 7) is 4.75. The number of hydrogen-bond acceptors (Lipinski definition) is 2. The van der Waals surface area contributed by atoms with Crippen LogP contribution in [0.15, 0.2) is 18.2 Å². The quantitative estimate of drug-likeness (QED) is 0.669. The van der Waals surface area contributed by atoms with Gasteiger partial charge in [0.25, 0.3) is 0 Å². The van der Waals surface area contributed by atoms with Crippen molar-refractivity contribution in [3.8, 4) is 0 Å². The lowest BCUT2D eigenvalue weighted by atomic mass is 10.1. The number of hydrogen-bond donors (Lipinski definition) is 2. The van der Waals surface area contributed by atoms with E-state index in [1.165, 1.54) is 11.1 Å². The fourth-order valence-electron chi connectivity index (χ4n) is 1.30. The van der Waals surface area contributed by atoms with Gasteiger partial charge in [-0.05, 0) is 25.0 Å². The summed E-state index contributed by atoms with van der Waals surface area (Å²) < 4.78 is 0. The first-order chi connectivity index (χ1) is 5.77. The van der Waals surface area contributed by atoms with Crippen molar-refractivity contribution in [2.75, 3.05) is 12.0 Å². The Morgan fingerprint density at radius 3 is 2.75 bits per heavy atom. The van der Waals surface area contributed by atoms with Crippen LogP contribution >= 0.6 is 0 Å². The molecule has 1 rings (SSSR count). The van der Waals surface area contributed by atoms with E-state index in [4.69, 9.17) is 5.73 Å². The van der Waals surface area contributed by atoms with Crippen LogP contribution in [0, 0.1) is 6.92 Å². The molecule has 2 nitrogen and oxygen atoms in total. The first-order valence-corrected chi connectivity index (χ1v) is 4.31. The predicted molar refractivity (Wildman–Crippen MR) is 53.2 cm³/mol. The summed E-state index contributed by atoms with van der Waals surface area (Å²) in [5.74, 6) is 0. The fourth-order valence-corrected chi connectivity index (χ4v) is 1.30. The zero-order chi connectivity index (χ0) is 8.97. The Hall–Kier alpha value is -1.02. The van der Waals surface area contributed by atoms with E-state index in [1.54, 1.807) is 0 Å². The second kappa shape index (κ2) is 4.12. The number of nitrogens with two attached hydrogens (primary N) is 1. The predicted octanol–water partition coefficient (Wildman–Crippen LogP) is 1.89. The molecular weight excluding hydrogens is 148 g/mol. The normalized spacial score (nSPS) is 9.92. The average Bonchev–Trinajstić information content (AvgIpc) is 2.08. The molecule has 0 aliphatic carbocycles. The number of aryl methyl sites for hydroxylation is 2. The minimum atomic E-state index is 0.496. The number of benzene rings is 1. The summed E-state index contributed by atoms with van der Waals surface area (Å²) in [6, 6.07) is 6.37. The molecule has 1 aromatic rings. The molecule has 0 unspecified atom stereocenters. The van der Waals surface area contributed by atoms with Crippen LogP contribution in [-0.4, -0.2) is 6.67 Å². The van der Waals surface area contributed by atoms with Gasteiger partial charge in [-0.3, -0.25) is 0 Å². The van der Waals surface area contributed by atoms with Crippen LogP contribution in [0.1, 0.15) is 18.1 Å². The van der Waals surface area contributed by atoms with Crippen molar-refractivity contribution in [2.45, 2.75) is 20.3 Å². The molecule has 0 spiro atoms. The van der Waals surface area contributed by atoms with E-state index in [1.807, 2.05) is 0 Å². The molecule has 0 aliphatic rings. The second-order valence-corrected chi connectivity index (χ2v) is 2.90. The van der Waals surface area contributed by atoms with Gasteiger partial charge >= 0.3 is 0 Å².